The lowest BCUT2D eigenvalue weighted by Crippen LogP contribution is -2.37. The van der Waals surface area contributed by atoms with E-state index in [-0.39, 0.29) is 18.1 Å². The number of nitrogens with one attached hydrogen (secondary N) is 1. The van der Waals surface area contributed by atoms with Crippen molar-refractivity contribution in [3.63, 3.8) is 0 Å². The molecule has 0 aromatic heterocycles. The molecule has 3 nitrogen and oxygen atoms in total. The Labute approximate surface area is 86.9 Å². The van der Waals surface area contributed by atoms with Crippen molar-refractivity contribution in [3.8, 4) is 0 Å². The third kappa shape index (κ3) is 2.08. The molecule has 1 rings (SSSR count). The van der Waals surface area contributed by atoms with Gasteiger partial charge in [0, 0.05) is 6.54 Å². The maximum Gasteiger partial charge on any atom is 0.241 e. The summed E-state index contributed by atoms with van der Waals surface area (Å²) in [4.78, 5) is 14.0. The van der Waals surface area contributed by atoms with E-state index < -0.39 is 0 Å². The van der Waals surface area contributed by atoms with Gasteiger partial charge in [-0.1, -0.05) is 27.7 Å². The van der Waals surface area contributed by atoms with E-state index in [1.807, 2.05) is 4.90 Å². The van der Waals surface area contributed by atoms with Crippen molar-refractivity contribution in [3.05, 3.63) is 0 Å². The molecule has 0 radical (unpaired) electrons. The highest BCUT2D eigenvalue weighted by molar-refractivity contribution is 5.84. The average molecular weight is 198 g/mol. The second-order valence-corrected chi connectivity index (χ2v) is 4.34. The van der Waals surface area contributed by atoms with Gasteiger partial charge in [-0.2, -0.15) is 0 Å². The van der Waals surface area contributed by atoms with Crippen molar-refractivity contribution in [2.24, 2.45) is 5.92 Å². The van der Waals surface area contributed by atoms with Gasteiger partial charge in [-0.3, -0.25) is 10.1 Å². The van der Waals surface area contributed by atoms with Crippen LogP contribution in [0.4, 0.5) is 0 Å². The summed E-state index contributed by atoms with van der Waals surface area (Å²) >= 11 is 0. The number of hydrogen-bond donors (Lipinski definition) is 1. The van der Waals surface area contributed by atoms with Gasteiger partial charge in [0.1, 0.15) is 0 Å². The summed E-state index contributed by atoms with van der Waals surface area (Å²) in [6, 6.07) is 0.0338. The molecule has 1 fully saturated rings. The van der Waals surface area contributed by atoms with Gasteiger partial charge in [0.15, 0.2) is 0 Å². The normalized spacial score (nSPS) is 27.8. The lowest BCUT2D eigenvalue weighted by molar-refractivity contribution is -0.130. The molecule has 1 saturated heterocycles. The highest BCUT2D eigenvalue weighted by Crippen LogP contribution is 2.18. The fourth-order valence-electron chi connectivity index (χ4n) is 2.02. The quantitative estimate of drug-likeness (QED) is 0.744. The van der Waals surface area contributed by atoms with E-state index in [0.717, 1.165) is 19.4 Å². The Morgan fingerprint density at radius 1 is 1.43 bits per heavy atom. The zero-order valence-corrected chi connectivity index (χ0v) is 9.71. The minimum absolute atomic E-state index is 0.0338. The van der Waals surface area contributed by atoms with Gasteiger partial charge in [0.2, 0.25) is 5.91 Å². The second kappa shape index (κ2) is 4.78. The molecule has 0 bridgehead atoms. The first-order valence-electron chi connectivity index (χ1n) is 5.68. The predicted octanol–water partition coefficient (Wildman–Crippen LogP) is 1.59. The van der Waals surface area contributed by atoms with Crippen LogP contribution >= 0.6 is 0 Å². The van der Waals surface area contributed by atoms with Crippen molar-refractivity contribution in [2.75, 3.05) is 6.54 Å². The molecule has 1 heterocycles. The van der Waals surface area contributed by atoms with Crippen molar-refractivity contribution in [1.82, 2.24) is 10.2 Å². The minimum Gasteiger partial charge on any atom is -0.326 e. The van der Waals surface area contributed by atoms with Gasteiger partial charge < -0.3 is 4.90 Å². The lowest BCUT2D eigenvalue weighted by Gasteiger charge is -2.22. The van der Waals surface area contributed by atoms with Gasteiger partial charge in [0.25, 0.3) is 0 Å². The van der Waals surface area contributed by atoms with E-state index in [9.17, 15) is 4.79 Å². The smallest absolute Gasteiger partial charge is 0.241 e. The Morgan fingerprint density at radius 3 is 2.50 bits per heavy atom. The molecule has 0 aromatic rings. The lowest BCUT2D eigenvalue weighted by atomic mass is 10.1. The molecule has 1 aliphatic heterocycles. The number of rotatable bonds is 4. The van der Waals surface area contributed by atoms with Crippen LogP contribution in [0.25, 0.3) is 0 Å². The molecule has 0 spiro atoms. The molecular weight excluding hydrogens is 176 g/mol. The standard InChI is InChI=1S/C11H22N2O/c1-5-7-13-9(6-2)12-10(8(3)4)11(13)14/h8-10,12H,5-7H2,1-4H3. The van der Waals surface area contributed by atoms with Crippen LogP contribution in [0.2, 0.25) is 0 Å². The molecule has 2 atom stereocenters. The Hall–Kier alpha value is -0.570. The molecule has 82 valence electrons. The van der Waals surface area contributed by atoms with Gasteiger partial charge in [-0.15, -0.1) is 0 Å². The summed E-state index contributed by atoms with van der Waals surface area (Å²) in [5.41, 5.74) is 0. The fraction of sp³-hybridized carbons (Fsp3) is 0.909. The zero-order valence-electron chi connectivity index (χ0n) is 9.71. The first-order valence-corrected chi connectivity index (χ1v) is 5.68. The molecule has 2 unspecified atom stereocenters. The number of hydrogen-bond acceptors (Lipinski definition) is 2. The molecule has 0 saturated carbocycles. The molecule has 0 aromatic carbocycles. The van der Waals surface area contributed by atoms with Crippen LogP contribution in [-0.2, 0) is 4.79 Å². The second-order valence-electron chi connectivity index (χ2n) is 4.34. The van der Waals surface area contributed by atoms with Crippen LogP contribution in [-0.4, -0.2) is 29.6 Å². The Kier molecular flexibility index (Phi) is 3.93. The van der Waals surface area contributed by atoms with Crippen molar-refractivity contribution >= 4 is 5.91 Å². The van der Waals surface area contributed by atoms with Crippen molar-refractivity contribution in [1.29, 1.82) is 0 Å². The third-order valence-corrected chi connectivity index (χ3v) is 2.82. The summed E-state index contributed by atoms with van der Waals surface area (Å²) < 4.78 is 0. The summed E-state index contributed by atoms with van der Waals surface area (Å²) in [5.74, 6) is 0.673. The first-order chi connectivity index (χ1) is 6.61. The summed E-state index contributed by atoms with van der Waals surface area (Å²) in [6.45, 7) is 9.31. The Balaban J connectivity index is 2.69. The van der Waals surface area contributed by atoms with Crippen LogP contribution in [0, 0.1) is 5.92 Å². The zero-order chi connectivity index (χ0) is 10.7. The first kappa shape index (κ1) is 11.5. The maximum atomic E-state index is 12.0. The highest BCUT2D eigenvalue weighted by Gasteiger charge is 2.38. The van der Waals surface area contributed by atoms with Crippen LogP contribution in [0.1, 0.15) is 40.5 Å². The summed E-state index contributed by atoms with van der Waals surface area (Å²) in [7, 11) is 0. The van der Waals surface area contributed by atoms with Gasteiger partial charge in [0.05, 0.1) is 12.2 Å². The topological polar surface area (TPSA) is 32.3 Å². The molecule has 1 N–H and O–H groups in total. The van der Waals surface area contributed by atoms with Gasteiger partial charge >= 0.3 is 0 Å². The number of amides is 1. The van der Waals surface area contributed by atoms with E-state index >= 15 is 0 Å². The van der Waals surface area contributed by atoms with Crippen LogP contribution < -0.4 is 5.32 Å². The Morgan fingerprint density at radius 2 is 2.07 bits per heavy atom. The van der Waals surface area contributed by atoms with Crippen molar-refractivity contribution in [2.45, 2.75) is 52.7 Å². The van der Waals surface area contributed by atoms with Gasteiger partial charge in [-0.05, 0) is 18.8 Å². The van der Waals surface area contributed by atoms with E-state index in [4.69, 9.17) is 0 Å². The average Bonchev–Trinajstić information content (AvgIpc) is 2.45. The van der Waals surface area contributed by atoms with Crippen LogP contribution in [0.3, 0.4) is 0 Å². The monoisotopic (exact) mass is 198 g/mol. The van der Waals surface area contributed by atoms with Gasteiger partial charge in [-0.25, -0.2) is 0 Å². The number of carbonyl (C=O) groups excluding carboxylic acids is 1. The predicted molar refractivity (Wildman–Crippen MR) is 57.8 cm³/mol. The number of carbonyl (C=O) groups is 1. The van der Waals surface area contributed by atoms with Crippen LogP contribution in [0.15, 0.2) is 0 Å². The molecule has 0 aliphatic carbocycles. The highest BCUT2D eigenvalue weighted by atomic mass is 16.2. The van der Waals surface area contributed by atoms with E-state index in [1.165, 1.54) is 0 Å². The maximum absolute atomic E-state index is 12.0. The molecule has 14 heavy (non-hydrogen) atoms. The molecule has 1 amide bonds. The fourth-order valence-corrected chi connectivity index (χ4v) is 2.02. The number of nitrogens with zero attached hydrogens (tertiary/aromatic N) is 1. The molecule has 1 aliphatic rings. The summed E-state index contributed by atoms with van der Waals surface area (Å²) in [6.07, 6.45) is 2.29. The molecule has 3 heteroatoms. The third-order valence-electron chi connectivity index (χ3n) is 2.82. The Bertz CT molecular complexity index is 203. The van der Waals surface area contributed by atoms with E-state index in [2.05, 4.69) is 33.0 Å². The largest absolute Gasteiger partial charge is 0.326 e. The minimum atomic E-state index is 0.0338. The van der Waals surface area contributed by atoms with E-state index in [0.29, 0.717) is 5.92 Å². The SMILES string of the molecule is CCCN1C(=O)C(C(C)C)NC1CC. The van der Waals surface area contributed by atoms with Crippen molar-refractivity contribution < 1.29 is 4.79 Å². The van der Waals surface area contributed by atoms with Crippen LogP contribution in [0.5, 0.6) is 0 Å². The van der Waals surface area contributed by atoms with E-state index in [1.54, 1.807) is 0 Å². The molecular formula is C11H22N2O. The summed E-state index contributed by atoms with van der Waals surface area (Å²) in [5, 5.41) is 3.40.